The monoisotopic (exact) mass is 494 g/mol. The maximum Gasteiger partial charge on any atom is 0.193 e. The third-order valence-corrected chi connectivity index (χ3v) is 4.26. The van der Waals surface area contributed by atoms with Crippen LogP contribution in [0.1, 0.15) is 17.0 Å². The molecule has 0 fully saturated rings. The van der Waals surface area contributed by atoms with Crippen molar-refractivity contribution in [3.8, 4) is 5.82 Å². The Kier molecular flexibility index (Phi) is 7.91. The molecule has 0 bridgehead atoms. The number of guanidine groups is 1. The van der Waals surface area contributed by atoms with Gasteiger partial charge in [-0.25, -0.2) is 14.4 Å². The lowest BCUT2D eigenvalue weighted by Crippen LogP contribution is -2.38. The largest absolute Gasteiger partial charge is 0.352 e. The van der Waals surface area contributed by atoms with Crippen molar-refractivity contribution >= 4 is 29.9 Å². The summed E-state index contributed by atoms with van der Waals surface area (Å²) in [6, 6.07) is 10.4. The zero-order chi connectivity index (χ0) is 19.2. The van der Waals surface area contributed by atoms with E-state index in [1.807, 2.05) is 41.8 Å². The van der Waals surface area contributed by atoms with Crippen molar-refractivity contribution < 1.29 is 4.39 Å². The quantitative estimate of drug-likeness (QED) is 0.335. The van der Waals surface area contributed by atoms with Crippen molar-refractivity contribution in [2.45, 2.75) is 20.0 Å². The lowest BCUT2D eigenvalue weighted by molar-refractivity contribution is 0.476. The number of nitrogens with one attached hydrogen (secondary N) is 1. The van der Waals surface area contributed by atoms with E-state index in [0.29, 0.717) is 13.1 Å². The van der Waals surface area contributed by atoms with Gasteiger partial charge in [0.05, 0.1) is 0 Å². The number of halogens is 2. The van der Waals surface area contributed by atoms with Crippen LogP contribution in [0, 0.1) is 12.7 Å². The summed E-state index contributed by atoms with van der Waals surface area (Å²) in [7, 11) is 3.69. The van der Waals surface area contributed by atoms with E-state index in [1.165, 1.54) is 12.1 Å². The molecule has 0 saturated heterocycles. The Hall–Kier alpha value is -2.49. The minimum atomic E-state index is -0.234. The van der Waals surface area contributed by atoms with Crippen LogP contribution in [0.5, 0.6) is 0 Å². The predicted octanol–water partition coefficient (Wildman–Crippen LogP) is 3.54. The van der Waals surface area contributed by atoms with Gasteiger partial charge in [0.1, 0.15) is 17.5 Å². The lowest BCUT2D eigenvalue weighted by atomic mass is 10.2. The first-order valence-electron chi connectivity index (χ1n) is 8.69. The van der Waals surface area contributed by atoms with Gasteiger partial charge in [-0.2, -0.15) is 0 Å². The molecule has 0 aliphatic carbocycles. The summed E-state index contributed by atoms with van der Waals surface area (Å²) in [6.45, 7) is 3.14. The summed E-state index contributed by atoms with van der Waals surface area (Å²) in [5, 5.41) is 3.37. The third-order valence-electron chi connectivity index (χ3n) is 4.26. The summed E-state index contributed by atoms with van der Waals surface area (Å²) >= 11 is 0. The molecule has 3 aromatic rings. The summed E-state index contributed by atoms with van der Waals surface area (Å²) in [5.41, 5.74) is 2.05. The summed E-state index contributed by atoms with van der Waals surface area (Å²) in [5.74, 6) is 2.24. The Labute approximate surface area is 181 Å². The number of pyridine rings is 1. The van der Waals surface area contributed by atoms with Gasteiger partial charge in [-0.15, -0.1) is 24.0 Å². The standard InChI is InChI=1S/C20H23FN6.HI/c1-15-23-11-12-27(15)19-17(5-4-10-24-19)13-25-20(22-2)26(3)14-16-6-8-18(21)9-7-16;/h4-12H,13-14H2,1-3H3,(H,22,25);1H. The molecule has 0 atom stereocenters. The lowest BCUT2D eigenvalue weighted by Gasteiger charge is -2.22. The van der Waals surface area contributed by atoms with Gasteiger partial charge in [-0.3, -0.25) is 9.56 Å². The van der Waals surface area contributed by atoms with Crippen molar-refractivity contribution in [1.29, 1.82) is 0 Å². The van der Waals surface area contributed by atoms with Gasteiger partial charge in [0.25, 0.3) is 0 Å². The number of aliphatic imine (C=N–C) groups is 1. The molecule has 1 N–H and O–H groups in total. The Morgan fingerprint density at radius 1 is 1.18 bits per heavy atom. The van der Waals surface area contributed by atoms with Crippen LogP contribution < -0.4 is 5.32 Å². The van der Waals surface area contributed by atoms with Gasteiger partial charge >= 0.3 is 0 Å². The normalized spacial score (nSPS) is 11.1. The Bertz CT molecular complexity index is 922. The van der Waals surface area contributed by atoms with Crippen LogP contribution >= 0.6 is 24.0 Å². The predicted molar refractivity (Wildman–Crippen MR) is 120 cm³/mol. The molecule has 3 rings (SSSR count). The van der Waals surface area contributed by atoms with Crippen molar-refractivity contribution in [2.24, 2.45) is 4.99 Å². The minimum Gasteiger partial charge on any atom is -0.352 e. The van der Waals surface area contributed by atoms with Crippen LogP contribution in [0.2, 0.25) is 0 Å². The van der Waals surface area contributed by atoms with Gasteiger partial charge in [0.2, 0.25) is 0 Å². The Balaban J connectivity index is 0.00000280. The van der Waals surface area contributed by atoms with Crippen LogP contribution in [0.15, 0.2) is 60.0 Å². The number of hydrogen-bond donors (Lipinski definition) is 1. The molecule has 2 aromatic heterocycles. The second-order valence-electron chi connectivity index (χ2n) is 6.21. The molecule has 0 aliphatic heterocycles. The molecule has 0 spiro atoms. The van der Waals surface area contributed by atoms with Crippen molar-refractivity contribution in [1.82, 2.24) is 24.8 Å². The van der Waals surface area contributed by atoms with Crippen LogP contribution in [0.4, 0.5) is 4.39 Å². The highest BCUT2D eigenvalue weighted by atomic mass is 127. The molecule has 28 heavy (non-hydrogen) atoms. The van der Waals surface area contributed by atoms with Gasteiger partial charge in [0.15, 0.2) is 5.96 Å². The number of rotatable bonds is 5. The van der Waals surface area contributed by atoms with Crippen LogP contribution in [0.3, 0.4) is 0 Å². The molecular weight excluding hydrogens is 470 g/mol. The topological polar surface area (TPSA) is 58.3 Å². The molecule has 0 amide bonds. The van der Waals surface area contributed by atoms with E-state index in [9.17, 15) is 4.39 Å². The van der Waals surface area contributed by atoms with Gasteiger partial charge in [-0.1, -0.05) is 18.2 Å². The number of aromatic nitrogens is 3. The van der Waals surface area contributed by atoms with Crippen molar-refractivity contribution in [3.63, 3.8) is 0 Å². The maximum absolute atomic E-state index is 13.1. The molecule has 148 valence electrons. The van der Waals surface area contributed by atoms with Crippen LogP contribution in [-0.4, -0.2) is 39.5 Å². The molecule has 0 radical (unpaired) electrons. The number of benzene rings is 1. The highest BCUT2D eigenvalue weighted by Crippen LogP contribution is 2.13. The van der Waals surface area contributed by atoms with Crippen LogP contribution in [0.25, 0.3) is 5.82 Å². The molecule has 0 unspecified atom stereocenters. The zero-order valence-electron chi connectivity index (χ0n) is 16.1. The molecule has 0 aliphatic rings. The van der Waals surface area contributed by atoms with Crippen LogP contribution in [-0.2, 0) is 13.1 Å². The average Bonchev–Trinajstić information content (AvgIpc) is 3.10. The highest BCUT2D eigenvalue weighted by molar-refractivity contribution is 14.0. The number of imidazole rings is 1. The fourth-order valence-corrected chi connectivity index (χ4v) is 2.88. The van der Waals surface area contributed by atoms with E-state index in [1.54, 1.807) is 31.6 Å². The molecule has 2 heterocycles. The van der Waals surface area contributed by atoms with Gasteiger partial charge in [0, 0.05) is 51.3 Å². The second kappa shape index (κ2) is 10.2. The fourth-order valence-electron chi connectivity index (χ4n) is 2.88. The minimum absolute atomic E-state index is 0. The SMILES string of the molecule is CN=C(NCc1cccnc1-n1ccnc1C)N(C)Cc1ccc(F)cc1.I. The molecular formula is C20H24FIN6. The zero-order valence-corrected chi connectivity index (χ0v) is 18.5. The van der Waals surface area contributed by atoms with E-state index >= 15 is 0 Å². The summed E-state index contributed by atoms with van der Waals surface area (Å²) < 4.78 is 15.0. The maximum atomic E-state index is 13.1. The molecule has 0 saturated carbocycles. The summed E-state index contributed by atoms with van der Waals surface area (Å²) in [6.07, 6.45) is 5.43. The van der Waals surface area contributed by atoms with E-state index in [4.69, 9.17) is 0 Å². The molecule has 1 aromatic carbocycles. The van der Waals surface area contributed by atoms with E-state index in [-0.39, 0.29) is 29.8 Å². The summed E-state index contributed by atoms with van der Waals surface area (Å²) in [4.78, 5) is 15.1. The van der Waals surface area contributed by atoms with E-state index < -0.39 is 0 Å². The average molecular weight is 494 g/mol. The second-order valence-corrected chi connectivity index (χ2v) is 6.21. The van der Waals surface area contributed by atoms with Crippen molar-refractivity contribution in [3.05, 3.63) is 77.8 Å². The Morgan fingerprint density at radius 2 is 1.93 bits per heavy atom. The smallest absolute Gasteiger partial charge is 0.193 e. The highest BCUT2D eigenvalue weighted by Gasteiger charge is 2.11. The van der Waals surface area contributed by atoms with Gasteiger partial charge in [-0.05, 0) is 30.7 Å². The Morgan fingerprint density at radius 3 is 2.57 bits per heavy atom. The van der Waals surface area contributed by atoms with E-state index in [2.05, 4.69) is 20.3 Å². The fraction of sp³-hybridized carbons (Fsp3) is 0.250. The number of nitrogens with zero attached hydrogens (tertiary/aromatic N) is 5. The first kappa shape index (κ1) is 21.8. The third kappa shape index (κ3) is 5.28. The van der Waals surface area contributed by atoms with E-state index in [0.717, 1.165) is 28.7 Å². The first-order valence-corrected chi connectivity index (χ1v) is 8.69. The number of aryl methyl sites for hydroxylation is 1. The molecule has 8 heteroatoms. The van der Waals surface area contributed by atoms with Crippen molar-refractivity contribution in [2.75, 3.05) is 14.1 Å². The van der Waals surface area contributed by atoms with Gasteiger partial charge < -0.3 is 10.2 Å². The first-order chi connectivity index (χ1) is 13.1. The molecule has 6 nitrogen and oxygen atoms in total. The number of hydrogen-bond acceptors (Lipinski definition) is 3.